The number of imidazole rings is 2. The SMILES string of the molecule is CC(C)[C@H](NC(=O)[C@@H](CN)N1C(=O)C=CC1=O)C(=O)N[C@@H](C)C(=O)Nc1ccc(CSP2(=O)OC[C@H]3O[C@@H](n4cnc5c(N)ncnc54)[C@H](F)[C@@H]3OP(O)(=S)OC[C@H]3O[C@@H](n4cnc5c(=O)[nH]cnc54)[C@H](F)[C@@H]3O2)cc1. The Morgan fingerprint density at radius 2 is 1.46 bits per heavy atom. The summed E-state index contributed by atoms with van der Waals surface area (Å²) in [4.78, 5) is 112. The quantitative estimate of drug-likeness (QED) is 0.0600. The highest BCUT2D eigenvalue weighted by molar-refractivity contribution is 8.54. The molecule has 0 saturated carbocycles. The van der Waals surface area contributed by atoms with E-state index in [4.69, 9.17) is 50.8 Å². The first-order valence-electron chi connectivity index (χ1n) is 23.1. The van der Waals surface area contributed by atoms with E-state index in [0.29, 0.717) is 21.8 Å². The van der Waals surface area contributed by atoms with Crippen LogP contribution in [0.5, 0.6) is 0 Å². The third kappa shape index (κ3) is 11.2. The minimum absolute atomic E-state index is 0.00267. The van der Waals surface area contributed by atoms with Crippen molar-refractivity contribution in [1.29, 1.82) is 0 Å². The Bertz CT molecular complexity index is 3250. The van der Waals surface area contributed by atoms with Crippen LogP contribution in [-0.2, 0) is 73.7 Å². The number of hydrogen-bond donors (Lipinski definition) is 7. The summed E-state index contributed by atoms with van der Waals surface area (Å²) in [6, 6.07) is 2.39. The molecule has 0 aliphatic carbocycles. The van der Waals surface area contributed by atoms with E-state index in [2.05, 4.69) is 45.9 Å². The molecule has 5 amide bonds. The van der Waals surface area contributed by atoms with Crippen molar-refractivity contribution in [3.63, 3.8) is 0 Å². The Morgan fingerprint density at radius 3 is 2.09 bits per heavy atom. The number of anilines is 2. The number of nitrogens with zero attached hydrogens (tertiary/aromatic N) is 8. The molecular formula is C42H48F2N14O14P2S2. The maximum atomic E-state index is 16.9. The molecule has 0 bridgehead atoms. The van der Waals surface area contributed by atoms with E-state index in [1.807, 2.05) is 0 Å². The molecule has 1 aromatic carbocycles. The third-order valence-corrected chi connectivity index (χ3v) is 17.6. The number of nitrogen functional groups attached to an aromatic ring is 1. The number of aromatic amines is 1. The zero-order valence-electron chi connectivity index (χ0n) is 40.0. The van der Waals surface area contributed by atoms with Gasteiger partial charge in [-0.15, -0.1) is 0 Å². The van der Waals surface area contributed by atoms with Gasteiger partial charge < -0.3 is 51.3 Å². The van der Waals surface area contributed by atoms with Gasteiger partial charge in [-0.1, -0.05) is 26.0 Å². The molecule has 0 radical (unpaired) electrons. The number of carbonyl (C=O) groups is 5. The fourth-order valence-electron chi connectivity index (χ4n) is 8.52. The summed E-state index contributed by atoms with van der Waals surface area (Å²) in [7, 11) is 0. The van der Waals surface area contributed by atoms with Crippen LogP contribution in [0.4, 0.5) is 20.3 Å². The zero-order chi connectivity index (χ0) is 54.4. The molecule has 3 fully saturated rings. The monoisotopic (exact) mass is 1140 g/mol. The fourth-order valence-corrected chi connectivity index (χ4v) is 13.3. The molecule has 28 nitrogen and oxygen atoms in total. The van der Waals surface area contributed by atoms with E-state index in [0.717, 1.165) is 35.7 Å². The first-order valence-corrected chi connectivity index (χ1v) is 28.8. The summed E-state index contributed by atoms with van der Waals surface area (Å²) in [5.74, 6) is -4.36. The van der Waals surface area contributed by atoms with Gasteiger partial charge in [0.25, 0.3) is 17.4 Å². The van der Waals surface area contributed by atoms with Crippen molar-refractivity contribution in [2.45, 2.75) is 93.9 Å². The predicted molar refractivity (Wildman–Crippen MR) is 266 cm³/mol. The van der Waals surface area contributed by atoms with Gasteiger partial charge in [0, 0.05) is 30.1 Å². The molecule has 4 aliphatic rings. The average Bonchev–Trinajstić information content (AvgIpc) is 4.23. The molecule has 4 aromatic heterocycles. The highest BCUT2D eigenvalue weighted by Crippen LogP contribution is 2.65. The molecule has 5 aromatic rings. The Hall–Kier alpha value is -6.02. The Labute approximate surface area is 436 Å². The largest absolute Gasteiger partial charge is 0.389 e. The van der Waals surface area contributed by atoms with Gasteiger partial charge in [0.05, 0.1) is 32.2 Å². The van der Waals surface area contributed by atoms with Gasteiger partial charge in [-0.3, -0.25) is 56.4 Å². The smallest absolute Gasteiger partial charge is 0.382 e. The maximum Gasteiger partial charge on any atom is 0.389 e. The zero-order valence-corrected chi connectivity index (χ0v) is 43.4. The number of alkyl halides is 2. The number of amides is 5. The number of ether oxygens (including phenoxy) is 2. The summed E-state index contributed by atoms with van der Waals surface area (Å²) in [5, 5.41) is 7.76. The topological polar surface area (TPSA) is 377 Å². The summed E-state index contributed by atoms with van der Waals surface area (Å²) < 4.78 is 86.6. The molecule has 76 heavy (non-hydrogen) atoms. The van der Waals surface area contributed by atoms with Crippen molar-refractivity contribution in [3.05, 3.63) is 77.6 Å². The van der Waals surface area contributed by atoms with Gasteiger partial charge in [0.15, 0.2) is 47.4 Å². The fraction of sp³-hybridized carbons (Fsp3) is 0.452. The van der Waals surface area contributed by atoms with Crippen LogP contribution in [0.15, 0.2) is 66.5 Å². The number of halogens is 2. The van der Waals surface area contributed by atoms with Crippen LogP contribution in [-0.4, -0.2) is 153 Å². The second-order valence-electron chi connectivity index (χ2n) is 17.9. The lowest BCUT2D eigenvalue weighted by Gasteiger charge is -2.30. The summed E-state index contributed by atoms with van der Waals surface area (Å²) >= 11 is 5.90. The number of rotatable bonds is 14. The number of carbonyl (C=O) groups excluding carboxylic acids is 5. The molecular weight excluding hydrogens is 1090 g/mol. The lowest BCUT2D eigenvalue weighted by molar-refractivity contribution is -0.145. The highest BCUT2D eigenvalue weighted by Gasteiger charge is 2.55. The Morgan fingerprint density at radius 1 is 0.855 bits per heavy atom. The van der Waals surface area contributed by atoms with Crippen LogP contribution >= 0.6 is 24.9 Å². The third-order valence-electron chi connectivity index (χ3n) is 12.4. The van der Waals surface area contributed by atoms with Crippen molar-refractivity contribution in [3.8, 4) is 0 Å². The van der Waals surface area contributed by atoms with Gasteiger partial charge in [0.1, 0.15) is 54.4 Å². The normalized spacial score (nSPS) is 29.1. The standard InChI is InChI=1S/C42H48F2N14O14P2S2/c1-18(2)29(55-38(62)22(10-45)58-25(59)8-9-26(58)60)40(64)53-19(3)37(61)54-21-6-4-20(5-7-21)13-76-74(66)68-12-24-32(27(43)41(70-24)56-16-51-30-34(46)47-14-48-35(30)56)71-73(65,75)67-11-23-33(72-74)28(44)42(69-23)57-17-52-31-36(57)49-15-50-39(31)63/h4-9,14-19,22-24,27-29,32-33,41-42H,10-13,45H2,1-3H3,(H,53,64)(H,54,61)(H,55,62)(H,65,75)(H2,46,47,48)(H,49,50,63)/t19-,22+,23+,24+,27+,28+,29-,32+,33+,41+,42+,73?,74?/m0/s1. The van der Waals surface area contributed by atoms with Gasteiger partial charge >= 0.3 is 13.5 Å². The van der Waals surface area contributed by atoms with E-state index in [-0.39, 0.29) is 39.6 Å². The molecule has 8 heterocycles. The van der Waals surface area contributed by atoms with Crippen molar-refractivity contribution in [2.75, 3.05) is 30.8 Å². The molecule has 3 saturated heterocycles. The average molecular weight is 1140 g/mol. The first-order chi connectivity index (χ1) is 36.2. The van der Waals surface area contributed by atoms with Gasteiger partial charge in [-0.25, -0.2) is 38.3 Å². The van der Waals surface area contributed by atoms with Crippen LogP contribution in [0.1, 0.15) is 38.8 Å². The molecule has 34 heteroatoms. The number of nitrogens with two attached hydrogens (primary N) is 2. The summed E-state index contributed by atoms with van der Waals surface area (Å²) in [5.41, 5.74) is 11.8. The highest BCUT2D eigenvalue weighted by atomic mass is 32.7. The molecule has 13 atom stereocenters. The first kappa shape index (κ1) is 54.8. The van der Waals surface area contributed by atoms with E-state index >= 15 is 13.3 Å². The molecule has 9 rings (SSSR count). The van der Waals surface area contributed by atoms with Crippen molar-refractivity contribution < 1.29 is 69.8 Å². The van der Waals surface area contributed by atoms with Crippen molar-refractivity contribution in [2.24, 2.45) is 11.7 Å². The summed E-state index contributed by atoms with van der Waals surface area (Å²) in [6.45, 7) is -6.31. The number of fused-ring (bicyclic) bond motifs is 4. The van der Waals surface area contributed by atoms with E-state index in [9.17, 15) is 33.7 Å². The van der Waals surface area contributed by atoms with Crippen molar-refractivity contribution >= 4 is 100 Å². The lowest BCUT2D eigenvalue weighted by atomic mass is 10.0. The van der Waals surface area contributed by atoms with Crippen LogP contribution in [0.2, 0.25) is 0 Å². The van der Waals surface area contributed by atoms with E-state index < -0.39 is 142 Å². The molecule has 4 aliphatic heterocycles. The number of hydrogen-bond acceptors (Lipinski definition) is 22. The van der Waals surface area contributed by atoms with Crippen LogP contribution in [0.3, 0.4) is 0 Å². The van der Waals surface area contributed by atoms with E-state index in [1.54, 1.807) is 26.0 Å². The number of benzene rings is 1. The minimum atomic E-state index is -4.65. The Kier molecular flexibility index (Phi) is 16.0. The predicted octanol–water partition coefficient (Wildman–Crippen LogP) is 0.925. The molecule has 406 valence electrons. The number of imide groups is 1. The number of H-pyrrole nitrogens is 1. The maximum absolute atomic E-state index is 16.9. The number of aromatic nitrogens is 8. The minimum Gasteiger partial charge on any atom is -0.382 e. The van der Waals surface area contributed by atoms with Crippen LogP contribution in [0.25, 0.3) is 22.3 Å². The number of nitrogens with one attached hydrogen (secondary N) is 4. The summed E-state index contributed by atoms with van der Waals surface area (Å²) in [6.07, 6.45) is -7.49. The van der Waals surface area contributed by atoms with Crippen LogP contribution < -0.4 is 33.0 Å². The van der Waals surface area contributed by atoms with Crippen LogP contribution in [0, 0.1) is 5.92 Å². The Balaban J connectivity index is 0.905. The lowest BCUT2D eigenvalue weighted by Crippen LogP contribution is -2.59. The van der Waals surface area contributed by atoms with Gasteiger partial charge in [-0.05, 0) is 53.7 Å². The molecule has 0 spiro atoms. The second-order valence-corrected chi connectivity index (χ2v) is 24.7. The van der Waals surface area contributed by atoms with E-state index in [1.165, 1.54) is 30.0 Å². The van der Waals surface area contributed by atoms with Gasteiger partial charge in [0.2, 0.25) is 17.7 Å². The second kappa shape index (κ2) is 22.1. The molecule has 9 N–H and O–H groups in total. The van der Waals surface area contributed by atoms with Gasteiger partial charge in [-0.2, -0.15) is 0 Å². The molecule has 2 unspecified atom stereocenters. The van der Waals surface area contributed by atoms with Crippen molar-refractivity contribution in [1.82, 2.24) is 54.6 Å².